The second kappa shape index (κ2) is 2.94. The number of carbonyl (C=O) groups excluding carboxylic acids is 1. The van der Waals surface area contributed by atoms with Crippen LogP contribution in [0.1, 0.15) is 96.3 Å². The van der Waals surface area contributed by atoms with Gasteiger partial charge in [0.05, 0.1) is 12.0 Å². The lowest BCUT2D eigenvalue weighted by atomic mass is 9.33. The third-order valence-corrected chi connectivity index (χ3v) is 16.8. The maximum Gasteiger partial charge on any atom is 0.312 e. The highest BCUT2D eigenvalue weighted by Gasteiger charge is 3.04. The highest BCUT2D eigenvalue weighted by molar-refractivity contribution is 5.84. The molecule has 19 aliphatic carbocycles. The van der Waals surface area contributed by atoms with Crippen LogP contribution >= 0.6 is 0 Å². The summed E-state index contributed by atoms with van der Waals surface area (Å²) in [5, 5.41) is 0. The molecule has 2 heterocycles. The molecule has 30 heavy (non-hydrogen) atoms. The molecule has 0 N–H and O–H groups in total. The van der Waals surface area contributed by atoms with E-state index in [4.69, 9.17) is 4.74 Å². The van der Waals surface area contributed by atoms with Crippen molar-refractivity contribution >= 4 is 5.97 Å². The molecule has 21 fully saturated rings. The Hall–Kier alpha value is -0.530. The van der Waals surface area contributed by atoms with Crippen molar-refractivity contribution in [3.05, 3.63) is 0 Å². The second-order valence-electron chi connectivity index (χ2n) is 17.0. The average Bonchev–Trinajstić information content (AvgIpc) is 3.37. The van der Waals surface area contributed by atoms with Crippen molar-refractivity contribution < 1.29 is 9.53 Å². The summed E-state index contributed by atoms with van der Waals surface area (Å²) in [5.74, 6) is 0.268. The molecule has 2 nitrogen and oxygen atoms in total. The van der Waals surface area contributed by atoms with E-state index in [1.54, 1.807) is 57.8 Å². The zero-order valence-corrected chi connectivity index (χ0v) is 18.1. The first-order chi connectivity index (χ1) is 14.2. The summed E-state index contributed by atoms with van der Waals surface area (Å²) >= 11 is 0. The molecular weight excluding hydrogens is 368 g/mol. The quantitative estimate of drug-likeness (QED) is 0.509. The zero-order chi connectivity index (χ0) is 19.1. The highest BCUT2D eigenvalue weighted by Crippen LogP contribution is 3.11. The molecular formula is C28H32O2. The van der Waals surface area contributed by atoms with E-state index >= 15 is 0 Å². The minimum atomic E-state index is -0.0263. The maximum absolute atomic E-state index is 13.4. The van der Waals surface area contributed by atoms with Crippen LogP contribution in [0.2, 0.25) is 0 Å². The van der Waals surface area contributed by atoms with Crippen LogP contribution in [0, 0.1) is 59.6 Å². The van der Waals surface area contributed by atoms with Gasteiger partial charge in [0.15, 0.2) is 0 Å². The van der Waals surface area contributed by atoms with Crippen LogP contribution in [-0.2, 0) is 9.53 Å². The Morgan fingerprint density at radius 2 is 0.900 bits per heavy atom. The molecule has 2 aliphatic heterocycles. The van der Waals surface area contributed by atoms with Gasteiger partial charge < -0.3 is 4.74 Å². The smallest absolute Gasteiger partial charge is 0.312 e. The molecule has 0 radical (unpaired) electrons. The number of carbonyl (C=O) groups is 1. The van der Waals surface area contributed by atoms with E-state index in [1.807, 2.05) is 0 Å². The molecule has 0 aromatic rings. The van der Waals surface area contributed by atoms with Gasteiger partial charge in [0, 0.05) is 5.41 Å². The average molecular weight is 401 g/mol. The van der Waals surface area contributed by atoms with E-state index in [0.717, 1.165) is 33.7 Å². The third kappa shape index (κ3) is 0.796. The van der Waals surface area contributed by atoms with Crippen molar-refractivity contribution in [2.45, 2.75) is 96.3 Å². The number of fused-ring (bicyclic) bond motifs is 2. The predicted molar refractivity (Wildman–Crippen MR) is 107 cm³/mol. The van der Waals surface area contributed by atoms with Crippen molar-refractivity contribution in [3.8, 4) is 0 Å². The van der Waals surface area contributed by atoms with Crippen molar-refractivity contribution in [2.24, 2.45) is 59.6 Å². The first kappa shape index (κ1) is 14.6. The standard InChI is InChI=1S/C28H32O2/c29-17-23-4-21(5-23,16-30-17)15-25(23)8-20-11-27(25,12-20)28(14-20)13-19-7-24(26(28,9-19)10-19)6-18-1-22(24,2-18)3-18/h1-16H2. The van der Waals surface area contributed by atoms with Crippen LogP contribution in [0.15, 0.2) is 0 Å². The minimum Gasteiger partial charge on any atom is -0.465 e. The Balaban J connectivity index is 1.13. The number of hydrogen-bond acceptors (Lipinski definition) is 2. The molecule has 0 aromatic carbocycles. The Labute approximate surface area is 178 Å². The maximum atomic E-state index is 13.4. The number of esters is 1. The molecule has 2 heteroatoms. The van der Waals surface area contributed by atoms with E-state index in [2.05, 4.69) is 0 Å². The summed E-state index contributed by atoms with van der Waals surface area (Å²) in [7, 11) is 0. The molecule has 0 amide bonds. The topological polar surface area (TPSA) is 26.3 Å². The van der Waals surface area contributed by atoms with Crippen LogP contribution in [0.25, 0.3) is 0 Å². The summed E-state index contributed by atoms with van der Waals surface area (Å²) in [6, 6.07) is 0. The van der Waals surface area contributed by atoms with E-state index in [1.165, 1.54) is 38.5 Å². The molecule has 19 saturated carbocycles. The first-order valence-corrected chi connectivity index (χ1v) is 13.4. The van der Waals surface area contributed by atoms with Crippen LogP contribution < -0.4 is 0 Å². The van der Waals surface area contributed by atoms with E-state index in [0.29, 0.717) is 27.1 Å². The molecule has 8 bridgehead atoms. The monoisotopic (exact) mass is 400 g/mol. The third-order valence-electron chi connectivity index (χ3n) is 16.8. The van der Waals surface area contributed by atoms with Gasteiger partial charge in [-0.1, -0.05) is 0 Å². The fraction of sp³-hybridized carbons (Fsp3) is 0.964. The first-order valence-electron chi connectivity index (χ1n) is 13.4. The van der Waals surface area contributed by atoms with Crippen molar-refractivity contribution in [1.29, 1.82) is 0 Å². The molecule has 3 unspecified atom stereocenters. The second-order valence-corrected chi connectivity index (χ2v) is 17.0. The van der Waals surface area contributed by atoms with Gasteiger partial charge in [0.1, 0.15) is 0 Å². The van der Waals surface area contributed by atoms with Crippen molar-refractivity contribution in [3.63, 3.8) is 0 Å². The van der Waals surface area contributed by atoms with Gasteiger partial charge in [-0.05, 0) is 145 Å². The zero-order valence-electron chi connectivity index (χ0n) is 18.1. The molecule has 3 atom stereocenters. The fourth-order valence-corrected chi connectivity index (χ4v) is 18.1. The lowest BCUT2D eigenvalue weighted by Gasteiger charge is -2.71. The molecule has 21 aliphatic rings. The molecule has 156 valence electrons. The lowest BCUT2D eigenvalue weighted by Crippen LogP contribution is -2.65. The Kier molecular flexibility index (Phi) is 1.43. The van der Waals surface area contributed by atoms with Gasteiger partial charge in [-0.3, -0.25) is 4.79 Å². The molecule has 0 aromatic heterocycles. The number of hydrogen-bond donors (Lipinski definition) is 0. The van der Waals surface area contributed by atoms with Crippen molar-refractivity contribution in [2.75, 3.05) is 6.61 Å². The molecule has 2 saturated heterocycles. The van der Waals surface area contributed by atoms with Crippen LogP contribution in [-0.4, -0.2) is 12.6 Å². The summed E-state index contributed by atoms with van der Waals surface area (Å²) in [6.45, 7) is 0.774. The number of ether oxygens (including phenoxy) is 1. The Morgan fingerprint density at radius 3 is 1.47 bits per heavy atom. The van der Waals surface area contributed by atoms with Crippen LogP contribution in [0.5, 0.6) is 0 Å². The Morgan fingerprint density at radius 1 is 0.467 bits per heavy atom. The van der Waals surface area contributed by atoms with Gasteiger partial charge in [-0.25, -0.2) is 0 Å². The summed E-state index contributed by atoms with van der Waals surface area (Å²) in [6.07, 6.45) is 23.0. The molecule has 21 rings (SSSR count). The van der Waals surface area contributed by atoms with Gasteiger partial charge in [-0.2, -0.15) is 0 Å². The van der Waals surface area contributed by atoms with Gasteiger partial charge >= 0.3 is 5.97 Å². The minimum absolute atomic E-state index is 0.0263. The summed E-state index contributed by atoms with van der Waals surface area (Å²) in [5.41, 5.74) is 6.53. The highest BCUT2D eigenvalue weighted by atomic mass is 16.5. The summed E-state index contributed by atoms with van der Waals surface area (Å²) in [4.78, 5) is 13.4. The van der Waals surface area contributed by atoms with Gasteiger partial charge in [0.2, 0.25) is 0 Å². The van der Waals surface area contributed by atoms with E-state index in [9.17, 15) is 4.79 Å². The largest absolute Gasteiger partial charge is 0.465 e. The SMILES string of the molecule is O=C1OCC23CC1(C2)C1(C3)CC23CC1(C2)C1(CC24CC5(CC67CC5(C6)C7)C1(C2)C4)C3. The van der Waals surface area contributed by atoms with Crippen molar-refractivity contribution in [1.82, 2.24) is 0 Å². The van der Waals surface area contributed by atoms with Gasteiger partial charge in [0.25, 0.3) is 0 Å². The Bertz CT molecular complexity index is 1100. The normalized spacial score (nSPS) is 85.0. The van der Waals surface area contributed by atoms with Gasteiger partial charge in [-0.15, -0.1) is 0 Å². The van der Waals surface area contributed by atoms with Crippen LogP contribution in [0.3, 0.4) is 0 Å². The summed E-state index contributed by atoms with van der Waals surface area (Å²) < 4.78 is 5.91. The lowest BCUT2D eigenvalue weighted by molar-refractivity contribution is -0.235. The van der Waals surface area contributed by atoms with E-state index in [-0.39, 0.29) is 11.4 Å². The predicted octanol–water partition coefficient (Wildman–Crippen LogP) is 5.39. The number of rotatable bonds is 0. The molecule has 3 spiro atoms. The van der Waals surface area contributed by atoms with Crippen LogP contribution in [0.4, 0.5) is 0 Å². The fourth-order valence-electron chi connectivity index (χ4n) is 18.1. The van der Waals surface area contributed by atoms with E-state index < -0.39 is 0 Å².